The van der Waals surface area contributed by atoms with Crippen molar-refractivity contribution in [2.75, 3.05) is 0 Å². The average Bonchev–Trinajstić information content (AvgIpc) is 2.82. The van der Waals surface area contributed by atoms with Crippen LogP contribution in [0, 0.1) is 24.2 Å². The van der Waals surface area contributed by atoms with Gasteiger partial charge in [-0.15, -0.1) is 0 Å². The van der Waals surface area contributed by atoms with E-state index in [1.165, 1.54) is 36.7 Å². The van der Waals surface area contributed by atoms with Crippen molar-refractivity contribution >= 4 is 21.5 Å². The summed E-state index contributed by atoms with van der Waals surface area (Å²) in [5, 5.41) is 11.2. The van der Waals surface area contributed by atoms with Gasteiger partial charge in [0.05, 0.1) is 20.2 Å². The molecule has 38 heavy (non-hydrogen) atoms. The average molecular weight is 549 g/mol. The Morgan fingerprint density at radius 1 is 1.21 bits per heavy atom. The number of amides is 1. The molecule has 1 aromatic heterocycles. The highest BCUT2D eigenvalue weighted by molar-refractivity contribution is 7.98. The second-order valence-electron chi connectivity index (χ2n) is 8.75. The molecule has 0 aliphatic carbocycles. The largest absolute Gasteiger partial charge is 0.416 e. The molecule has 0 saturated heterocycles. The van der Waals surface area contributed by atoms with E-state index in [2.05, 4.69) is 11.2 Å². The Morgan fingerprint density at radius 2 is 1.89 bits per heavy atom. The molecule has 0 saturated carbocycles. The van der Waals surface area contributed by atoms with Crippen molar-refractivity contribution < 1.29 is 26.6 Å². The van der Waals surface area contributed by atoms with Gasteiger partial charge in [-0.25, -0.2) is 13.3 Å². The summed E-state index contributed by atoms with van der Waals surface area (Å²) in [5.41, 5.74) is -1.34. The summed E-state index contributed by atoms with van der Waals surface area (Å²) in [4.78, 5) is 26.1. The Morgan fingerprint density at radius 3 is 2.47 bits per heavy atom. The molecule has 0 aliphatic heterocycles. The first-order valence-electron chi connectivity index (χ1n) is 11.2. The summed E-state index contributed by atoms with van der Waals surface area (Å²) < 4.78 is 70.3. The normalized spacial score (nSPS) is 13.0. The number of benzene rings is 2. The van der Waals surface area contributed by atoms with Crippen LogP contribution in [-0.4, -0.2) is 20.6 Å². The highest BCUT2D eigenvalue weighted by Gasteiger charge is 2.31. The van der Waals surface area contributed by atoms with E-state index in [0.29, 0.717) is 5.69 Å². The Labute approximate surface area is 216 Å². The standard InChI is InChI=1S/C26H24F4N4O3S/c1-15(2)34-13-20(24(35)23(16(34)3)18-6-5-7-19(11-18)26(28,29)30)25(36)32-12-17-8-9-22(21(27)10-17)38(4,37)33-14-31/h5-11,13,15H,4,12H2,1-3H3,(H,32,36)(H,33,37). The SMILES string of the molecule is C=S(=O)(NC#N)c1ccc(CNC(=O)c2cn(C(C)C)c(C)c(-c3cccc(C(F)(F)F)c3)c2=O)cc1F. The highest BCUT2D eigenvalue weighted by atomic mass is 32.2. The fourth-order valence-corrected chi connectivity index (χ4v) is 4.86. The van der Waals surface area contributed by atoms with Crippen LogP contribution < -0.4 is 15.5 Å². The summed E-state index contributed by atoms with van der Waals surface area (Å²) in [6, 6.07) is 7.64. The third-order valence-electron chi connectivity index (χ3n) is 5.78. The Kier molecular flexibility index (Phi) is 8.02. The van der Waals surface area contributed by atoms with Gasteiger partial charge >= 0.3 is 6.18 Å². The minimum atomic E-state index is -4.62. The lowest BCUT2D eigenvalue weighted by Crippen LogP contribution is -2.31. The van der Waals surface area contributed by atoms with Gasteiger partial charge in [0.15, 0.2) is 6.19 Å². The maximum atomic E-state index is 14.5. The number of aromatic nitrogens is 1. The van der Waals surface area contributed by atoms with Crippen molar-refractivity contribution in [2.24, 2.45) is 0 Å². The number of carbonyl (C=O) groups excluding carboxylic acids is 1. The lowest BCUT2D eigenvalue weighted by Gasteiger charge is -2.20. The topological polar surface area (TPSA) is 104 Å². The number of hydrogen-bond acceptors (Lipinski definition) is 4. The number of halogens is 4. The van der Waals surface area contributed by atoms with Crippen LogP contribution in [0.4, 0.5) is 17.6 Å². The first kappa shape index (κ1) is 28.5. The number of nitriles is 1. The van der Waals surface area contributed by atoms with E-state index in [1.807, 2.05) is 4.72 Å². The van der Waals surface area contributed by atoms with Crippen molar-refractivity contribution in [3.8, 4) is 17.3 Å². The lowest BCUT2D eigenvalue weighted by molar-refractivity contribution is -0.137. The zero-order valence-electron chi connectivity index (χ0n) is 20.6. The molecule has 200 valence electrons. The minimum absolute atomic E-state index is 0.0202. The number of hydrogen-bond donors (Lipinski definition) is 2. The Bertz CT molecular complexity index is 1600. The number of nitrogens with one attached hydrogen (secondary N) is 2. The molecule has 1 atom stereocenters. The van der Waals surface area contributed by atoms with Crippen LogP contribution in [-0.2, 0) is 22.4 Å². The van der Waals surface area contributed by atoms with Crippen LogP contribution in [0.15, 0.2) is 58.4 Å². The smallest absolute Gasteiger partial charge is 0.348 e. The summed E-state index contributed by atoms with van der Waals surface area (Å²) in [6.07, 6.45) is -1.83. The first-order valence-corrected chi connectivity index (χ1v) is 12.9. The second kappa shape index (κ2) is 10.7. The summed E-state index contributed by atoms with van der Waals surface area (Å²) in [5.74, 6) is 1.59. The molecule has 1 amide bonds. The molecule has 0 aliphatic rings. The van der Waals surface area contributed by atoms with Crippen molar-refractivity contribution in [3.63, 3.8) is 0 Å². The van der Waals surface area contributed by atoms with Gasteiger partial charge in [0.2, 0.25) is 5.43 Å². The zero-order chi connectivity index (χ0) is 28.4. The third-order valence-corrected chi connectivity index (χ3v) is 7.25. The number of rotatable bonds is 7. The van der Waals surface area contributed by atoms with Crippen molar-refractivity contribution in [2.45, 2.75) is 44.4 Å². The third kappa shape index (κ3) is 5.89. The summed E-state index contributed by atoms with van der Waals surface area (Å²) >= 11 is 0. The molecule has 1 heterocycles. The van der Waals surface area contributed by atoms with Gasteiger partial charge in [-0.1, -0.05) is 18.2 Å². The predicted molar refractivity (Wildman–Crippen MR) is 136 cm³/mol. The van der Waals surface area contributed by atoms with Crippen molar-refractivity contribution in [3.05, 3.63) is 87.1 Å². The van der Waals surface area contributed by atoms with Crippen LogP contribution in [0.3, 0.4) is 0 Å². The highest BCUT2D eigenvalue weighted by Crippen LogP contribution is 2.32. The van der Waals surface area contributed by atoms with Crippen LogP contribution in [0.2, 0.25) is 0 Å². The van der Waals surface area contributed by atoms with Gasteiger partial charge in [-0.2, -0.15) is 18.4 Å². The second-order valence-corrected chi connectivity index (χ2v) is 10.7. The molecule has 0 radical (unpaired) electrons. The van der Waals surface area contributed by atoms with E-state index >= 15 is 0 Å². The van der Waals surface area contributed by atoms with E-state index < -0.39 is 38.6 Å². The molecule has 0 bridgehead atoms. The van der Waals surface area contributed by atoms with Crippen LogP contribution in [0.25, 0.3) is 11.1 Å². The molecular weight excluding hydrogens is 524 g/mol. The maximum absolute atomic E-state index is 14.5. The van der Waals surface area contributed by atoms with Crippen LogP contribution in [0.1, 0.15) is 47.1 Å². The Balaban J connectivity index is 1.99. The van der Waals surface area contributed by atoms with Gasteiger partial charge in [0.1, 0.15) is 11.4 Å². The summed E-state index contributed by atoms with van der Waals surface area (Å²) in [7, 11) is -3.39. The Hall–Kier alpha value is -4.11. The van der Waals surface area contributed by atoms with Gasteiger partial charge in [0.25, 0.3) is 5.91 Å². The molecule has 0 spiro atoms. The zero-order valence-corrected chi connectivity index (χ0v) is 21.5. The van der Waals surface area contributed by atoms with Crippen molar-refractivity contribution in [1.29, 1.82) is 5.26 Å². The number of alkyl halides is 3. The number of nitrogens with zero attached hydrogens (tertiary/aromatic N) is 2. The van der Waals surface area contributed by atoms with Gasteiger partial charge < -0.3 is 9.88 Å². The van der Waals surface area contributed by atoms with Gasteiger partial charge in [0, 0.05) is 30.0 Å². The molecule has 1 unspecified atom stereocenters. The molecule has 2 N–H and O–H groups in total. The van der Waals surface area contributed by atoms with E-state index in [-0.39, 0.29) is 39.7 Å². The fourth-order valence-electron chi connectivity index (χ4n) is 3.94. The molecule has 0 fully saturated rings. The van der Waals surface area contributed by atoms with Gasteiger partial charge in [-0.3, -0.25) is 9.59 Å². The van der Waals surface area contributed by atoms with Crippen molar-refractivity contribution in [1.82, 2.24) is 14.6 Å². The molecule has 7 nitrogen and oxygen atoms in total. The van der Waals surface area contributed by atoms with Crippen LogP contribution >= 0.6 is 0 Å². The van der Waals surface area contributed by atoms with E-state index in [0.717, 1.165) is 18.2 Å². The minimum Gasteiger partial charge on any atom is -0.348 e. The number of carbonyl (C=O) groups is 1. The van der Waals surface area contributed by atoms with E-state index in [9.17, 15) is 31.4 Å². The van der Waals surface area contributed by atoms with E-state index in [1.54, 1.807) is 25.3 Å². The summed E-state index contributed by atoms with van der Waals surface area (Å²) in [6.45, 7) is 4.96. The molecule has 2 aromatic carbocycles. The molecule has 3 rings (SSSR count). The van der Waals surface area contributed by atoms with E-state index in [4.69, 9.17) is 5.26 Å². The maximum Gasteiger partial charge on any atom is 0.416 e. The first-order chi connectivity index (χ1) is 17.7. The molecule has 12 heteroatoms. The molecule has 3 aromatic rings. The quantitative estimate of drug-likeness (QED) is 0.196. The van der Waals surface area contributed by atoms with Crippen LogP contribution in [0.5, 0.6) is 0 Å². The van der Waals surface area contributed by atoms with Gasteiger partial charge in [-0.05, 0) is 62.0 Å². The number of pyridine rings is 1. The lowest BCUT2D eigenvalue weighted by atomic mass is 9.98. The predicted octanol–water partition coefficient (Wildman–Crippen LogP) is 4.55. The fraction of sp³-hybridized carbons (Fsp3) is 0.231. The monoisotopic (exact) mass is 548 g/mol. The molecular formula is C26H24F4N4O3S.